The molecule has 7 nitrogen and oxygen atoms in total. The van der Waals surface area contributed by atoms with Gasteiger partial charge in [0.25, 0.3) is 0 Å². The maximum Gasteiger partial charge on any atom is 0.311 e. The van der Waals surface area contributed by atoms with Crippen LogP contribution in [0.2, 0.25) is 0 Å². The van der Waals surface area contributed by atoms with Crippen molar-refractivity contribution in [2.45, 2.75) is 87.2 Å². The zero-order chi connectivity index (χ0) is 25.5. The number of fused-ring (bicyclic) bond motifs is 2. The SMILES string of the molecule is CCCCCN1CC=C[C@]23S[C@H]4/C=C\CCCCOC(=O)[C@H]4[C@H]2C(=O)N(CCCCCCO)C3C1=O. The summed E-state index contributed by atoms with van der Waals surface area (Å²) in [7, 11) is 0. The van der Waals surface area contributed by atoms with Crippen LogP contribution in [0.25, 0.3) is 0 Å². The first-order valence-corrected chi connectivity index (χ1v) is 14.8. The van der Waals surface area contributed by atoms with Gasteiger partial charge in [-0.05, 0) is 38.5 Å². The zero-order valence-electron chi connectivity index (χ0n) is 21.6. The fourth-order valence-corrected chi connectivity index (χ4v) is 8.21. The molecule has 4 aliphatic heterocycles. The first-order chi connectivity index (χ1) is 17.5. The van der Waals surface area contributed by atoms with Crippen LogP contribution in [-0.4, -0.2) is 81.6 Å². The highest BCUT2D eigenvalue weighted by Gasteiger charge is 2.70. The van der Waals surface area contributed by atoms with Gasteiger partial charge in [-0.25, -0.2) is 0 Å². The first-order valence-electron chi connectivity index (χ1n) is 13.9. The summed E-state index contributed by atoms with van der Waals surface area (Å²) in [6.45, 7) is 4.43. The minimum Gasteiger partial charge on any atom is -0.465 e. The fraction of sp³-hybridized carbons (Fsp3) is 0.750. The van der Waals surface area contributed by atoms with Gasteiger partial charge in [0.1, 0.15) is 6.04 Å². The molecule has 200 valence electrons. The third-order valence-corrected chi connectivity index (χ3v) is 9.77. The number of ether oxygens (including phenoxy) is 1. The Morgan fingerprint density at radius 2 is 1.83 bits per heavy atom. The normalized spacial score (nSPS) is 33.1. The second-order valence-corrected chi connectivity index (χ2v) is 12.0. The second kappa shape index (κ2) is 12.6. The number of hydrogen-bond acceptors (Lipinski definition) is 6. The number of aliphatic hydroxyl groups is 1. The highest BCUT2D eigenvalue weighted by Crippen LogP contribution is 2.60. The number of rotatable bonds is 10. The molecule has 0 radical (unpaired) electrons. The van der Waals surface area contributed by atoms with E-state index in [1.54, 1.807) is 16.7 Å². The van der Waals surface area contributed by atoms with Gasteiger partial charge in [0.2, 0.25) is 11.8 Å². The highest BCUT2D eigenvalue weighted by atomic mass is 32.2. The van der Waals surface area contributed by atoms with Crippen molar-refractivity contribution in [3.05, 3.63) is 24.3 Å². The average molecular weight is 519 g/mol. The summed E-state index contributed by atoms with van der Waals surface area (Å²) in [5, 5.41) is 8.93. The molecule has 0 aromatic heterocycles. The lowest BCUT2D eigenvalue weighted by Gasteiger charge is -2.35. The van der Waals surface area contributed by atoms with Gasteiger partial charge in [-0.1, -0.05) is 56.9 Å². The van der Waals surface area contributed by atoms with E-state index in [2.05, 4.69) is 31.2 Å². The summed E-state index contributed by atoms with van der Waals surface area (Å²) in [4.78, 5) is 45.2. The Morgan fingerprint density at radius 1 is 1.03 bits per heavy atom. The van der Waals surface area contributed by atoms with Crippen molar-refractivity contribution in [2.24, 2.45) is 11.8 Å². The third kappa shape index (κ3) is 5.40. The number of esters is 1. The maximum atomic E-state index is 14.1. The van der Waals surface area contributed by atoms with E-state index >= 15 is 0 Å². The van der Waals surface area contributed by atoms with Crippen LogP contribution in [0.3, 0.4) is 0 Å². The summed E-state index contributed by atoms with van der Waals surface area (Å²) in [6, 6.07) is -0.600. The largest absolute Gasteiger partial charge is 0.465 e. The van der Waals surface area contributed by atoms with Crippen LogP contribution >= 0.6 is 11.8 Å². The molecule has 5 atom stereocenters. The summed E-state index contributed by atoms with van der Waals surface area (Å²) in [6.07, 6.45) is 17.5. The molecule has 0 saturated carbocycles. The Morgan fingerprint density at radius 3 is 2.64 bits per heavy atom. The van der Waals surface area contributed by atoms with Gasteiger partial charge in [-0.2, -0.15) is 0 Å². The van der Waals surface area contributed by atoms with Gasteiger partial charge in [0.15, 0.2) is 0 Å². The van der Waals surface area contributed by atoms with Gasteiger partial charge in [0.05, 0.1) is 23.2 Å². The summed E-state index contributed by atoms with van der Waals surface area (Å²) in [5.41, 5.74) is 0. The van der Waals surface area contributed by atoms with E-state index < -0.39 is 22.6 Å². The molecule has 1 N–H and O–H groups in total. The highest BCUT2D eigenvalue weighted by molar-refractivity contribution is 8.02. The molecule has 1 spiro atoms. The van der Waals surface area contributed by atoms with Crippen molar-refractivity contribution in [1.29, 1.82) is 0 Å². The van der Waals surface area contributed by atoms with Crippen molar-refractivity contribution < 1.29 is 24.2 Å². The van der Waals surface area contributed by atoms with E-state index in [9.17, 15) is 14.4 Å². The van der Waals surface area contributed by atoms with Crippen LogP contribution in [-0.2, 0) is 19.1 Å². The topological polar surface area (TPSA) is 87.2 Å². The number of amides is 2. The number of carbonyl (C=O) groups excluding carboxylic acids is 3. The van der Waals surface area contributed by atoms with Crippen molar-refractivity contribution in [2.75, 3.05) is 32.8 Å². The van der Waals surface area contributed by atoms with Crippen molar-refractivity contribution in [3.8, 4) is 0 Å². The number of hydrogen-bond donors (Lipinski definition) is 1. The predicted molar refractivity (Wildman–Crippen MR) is 141 cm³/mol. The number of carbonyl (C=O) groups is 3. The van der Waals surface area contributed by atoms with Gasteiger partial charge in [-0.3, -0.25) is 14.4 Å². The number of likely N-dealkylation sites (tertiary alicyclic amines) is 1. The first kappa shape index (κ1) is 27.2. The molecule has 0 aliphatic carbocycles. The van der Waals surface area contributed by atoms with E-state index in [0.717, 1.165) is 64.2 Å². The maximum absolute atomic E-state index is 14.1. The smallest absolute Gasteiger partial charge is 0.311 e. The lowest BCUT2D eigenvalue weighted by molar-refractivity contribution is -0.153. The number of aliphatic hydroxyl groups excluding tert-OH is 1. The number of unbranched alkanes of at least 4 members (excludes halogenated alkanes) is 5. The summed E-state index contributed by atoms with van der Waals surface area (Å²) < 4.78 is 4.91. The monoisotopic (exact) mass is 518 g/mol. The van der Waals surface area contributed by atoms with E-state index in [1.165, 1.54) is 0 Å². The van der Waals surface area contributed by atoms with Crippen molar-refractivity contribution in [1.82, 2.24) is 9.80 Å². The van der Waals surface area contributed by atoms with Crippen LogP contribution in [0, 0.1) is 11.8 Å². The van der Waals surface area contributed by atoms with Gasteiger partial charge in [0, 0.05) is 31.5 Å². The van der Waals surface area contributed by atoms with E-state index in [1.807, 2.05) is 4.90 Å². The van der Waals surface area contributed by atoms with Gasteiger partial charge < -0.3 is 19.6 Å². The lowest BCUT2D eigenvalue weighted by Crippen LogP contribution is -2.53. The minimum absolute atomic E-state index is 0.0101. The number of cyclic esters (lactones) is 1. The van der Waals surface area contributed by atoms with Crippen LogP contribution in [0.1, 0.15) is 71.1 Å². The molecule has 36 heavy (non-hydrogen) atoms. The molecule has 4 heterocycles. The lowest BCUT2D eigenvalue weighted by atomic mass is 9.78. The molecular formula is C28H42N2O5S. The van der Waals surface area contributed by atoms with Crippen molar-refractivity contribution >= 4 is 29.5 Å². The van der Waals surface area contributed by atoms with Crippen LogP contribution < -0.4 is 0 Å². The number of allylic oxidation sites excluding steroid dienone is 1. The van der Waals surface area contributed by atoms with Gasteiger partial charge >= 0.3 is 5.97 Å². The summed E-state index contributed by atoms with van der Waals surface area (Å²) >= 11 is 1.62. The van der Waals surface area contributed by atoms with E-state index in [-0.39, 0.29) is 29.6 Å². The summed E-state index contributed by atoms with van der Waals surface area (Å²) in [5.74, 6) is -1.55. The van der Waals surface area contributed by atoms with Gasteiger partial charge in [-0.15, -0.1) is 11.8 Å². The van der Waals surface area contributed by atoms with Crippen LogP contribution in [0.15, 0.2) is 24.3 Å². The molecule has 0 bridgehead atoms. The minimum atomic E-state index is -0.758. The molecule has 0 aromatic rings. The molecule has 0 aromatic carbocycles. The average Bonchev–Trinajstić information content (AvgIpc) is 3.25. The fourth-order valence-electron chi connectivity index (χ4n) is 6.20. The quantitative estimate of drug-likeness (QED) is 0.270. The Balaban J connectivity index is 1.67. The van der Waals surface area contributed by atoms with Crippen LogP contribution in [0.4, 0.5) is 0 Å². The van der Waals surface area contributed by atoms with E-state index in [4.69, 9.17) is 9.84 Å². The molecule has 8 heteroatoms. The standard InChI is InChI=1S/C28H42N2O5S/c1-2-3-9-16-29-17-13-15-28-23(22-21(36-28)14-8-4-7-12-20-35-27(22)34)25(32)30(24(28)26(29)33)18-10-5-6-11-19-31/h8,13-15,21-24,31H,2-7,9-12,16-20H2,1H3/b14-8-/t21-,22+,23-,24?,28-/m0/s1. The number of nitrogens with zero attached hydrogens (tertiary/aromatic N) is 2. The second-order valence-electron chi connectivity index (χ2n) is 10.5. The zero-order valence-corrected chi connectivity index (χ0v) is 22.4. The number of thioether (sulfide) groups is 1. The molecule has 2 saturated heterocycles. The Hall–Kier alpha value is -1.80. The molecule has 4 aliphatic rings. The third-order valence-electron chi connectivity index (χ3n) is 8.02. The molecule has 1 unspecified atom stereocenters. The molecule has 2 fully saturated rings. The molecule has 2 amide bonds. The predicted octanol–water partition coefficient (Wildman–Crippen LogP) is 3.71. The Bertz CT molecular complexity index is 861. The Labute approximate surface area is 219 Å². The van der Waals surface area contributed by atoms with Crippen LogP contribution in [0.5, 0.6) is 0 Å². The molecule has 4 rings (SSSR count). The van der Waals surface area contributed by atoms with E-state index in [0.29, 0.717) is 26.2 Å². The Kier molecular flexibility index (Phi) is 9.56. The van der Waals surface area contributed by atoms with Crippen molar-refractivity contribution in [3.63, 3.8) is 0 Å². The molecular weight excluding hydrogens is 476 g/mol.